The molecule has 2 amide bonds. The number of nitrogens with zero attached hydrogens (tertiary/aromatic N) is 1. The van der Waals surface area contributed by atoms with Crippen molar-refractivity contribution in [1.82, 2.24) is 5.06 Å². The van der Waals surface area contributed by atoms with Gasteiger partial charge >= 0.3 is 6.16 Å². The molecule has 2 fully saturated rings. The van der Waals surface area contributed by atoms with Crippen LogP contribution in [0.1, 0.15) is 19.3 Å². The molecule has 94 valence electrons. The maximum Gasteiger partial charge on any atom is 0.533 e. The first kappa shape index (κ1) is 11.7. The lowest BCUT2D eigenvalue weighted by Gasteiger charge is -2.12. The molecule has 0 N–H and O–H groups in total. The fraction of sp³-hybridized carbons (Fsp3) is 0.667. The van der Waals surface area contributed by atoms with Gasteiger partial charge in [0.05, 0.1) is 5.92 Å². The molecule has 0 aromatic heterocycles. The second-order valence-electron chi connectivity index (χ2n) is 3.90. The van der Waals surface area contributed by atoms with Gasteiger partial charge in [0.1, 0.15) is 6.61 Å². The van der Waals surface area contributed by atoms with Gasteiger partial charge in [-0.3, -0.25) is 14.4 Å². The van der Waals surface area contributed by atoms with E-state index in [1.807, 2.05) is 0 Å². The lowest BCUT2D eigenvalue weighted by atomic mass is 10.4. The summed E-state index contributed by atoms with van der Waals surface area (Å²) in [5, 5.41) is 0.299. The van der Waals surface area contributed by atoms with E-state index >= 15 is 0 Å². The average Bonchev–Trinajstić information content (AvgIpc) is 2.75. The van der Waals surface area contributed by atoms with Crippen LogP contribution in [0.2, 0.25) is 0 Å². The summed E-state index contributed by atoms with van der Waals surface area (Å²) in [5.41, 5.74) is 0. The molecule has 1 saturated heterocycles. The molecule has 17 heavy (non-hydrogen) atoms. The Balaban J connectivity index is 1.74. The third kappa shape index (κ3) is 2.51. The fourth-order valence-corrected chi connectivity index (χ4v) is 1.38. The molecule has 2 aliphatic rings. The van der Waals surface area contributed by atoms with Crippen LogP contribution in [0.5, 0.6) is 0 Å². The average molecular weight is 249 g/mol. The zero-order valence-corrected chi connectivity index (χ0v) is 8.65. The van der Waals surface area contributed by atoms with Gasteiger partial charge in [-0.25, -0.2) is 13.6 Å². The molecule has 1 saturated carbocycles. The van der Waals surface area contributed by atoms with Crippen molar-refractivity contribution in [3.63, 3.8) is 0 Å². The van der Waals surface area contributed by atoms with Crippen LogP contribution in [0.15, 0.2) is 0 Å². The number of hydrogen-bond acceptors (Lipinski definition) is 5. The first-order valence-corrected chi connectivity index (χ1v) is 4.98. The van der Waals surface area contributed by atoms with Crippen LogP contribution < -0.4 is 0 Å². The molecule has 1 atom stereocenters. The number of amides is 2. The summed E-state index contributed by atoms with van der Waals surface area (Å²) in [5.74, 6) is -5.09. The molecule has 0 aromatic carbocycles. The first-order chi connectivity index (χ1) is 7.90. The lowest BCUT2D eigenvalue weighted by Crippen LogP contribution is -2.32. The third-order valence-electron chi connectivity index (χ3n) is 2.53. The summed E-state index contributed by atoms with van der Waals surface area (Å²) in [6, 6.07) is 0. The van der Waals surface area contributed by atoms with Crippen LogP contribution in [0.4, 0.5) is 13.6 Å². The quantitative estimate of drug-likeness (QED) is 0.547. The molecule has 1 aliphatic heterocycles. The highest BCUT2D eigenvalue weighted by Crippen LogP contribution is 2.48. The normalized spacial score (nSPS) is 26.0. The highest BCUT2D eigenvalue weighted by Gasteiger charge is 2.57. The number of ether oxygens (including phenoxy) is 1. The zero-order chi connectivity index (χ0) is 12.6. The predicted octanol–water partition coefficient (Wildman–Crippen LogP) is 0.859. The van der Waals surface area contributed by atoms with Crippen molar-refractivity contribution in [1.29, 1.82) is 0 Å². The Bertz CT molecular complexity index is 368. The van der Waals surface area contributed by atoms with E-state index in [0.717, 1.165) is 0 Å². The van der Waals surface area contributed by atoms with E-state index in [9.17, 15) is 23.2 Å². The van der Waals surface area contributed by atoms with Crippen LogP contribution >= 0.6 is 0 Å². The molecule has 2 rings (SSSR count). The van der Waals surface area contributed by atoms with E-state index in [1.165, 1.54) is 0 Å². The molecule has 0 bridgehead atoms. The third-order valence-corrected chi connectivity index (χ3v) is 2.53. The minimum absolute atomic E-state index is 0.0349. The number of halogens is 2. The van der Waals surface area contributed by atoms with Gasteiger partial charge in [0.25, 0.3) is 17.7 Å². The summed E-state index contributed by atoms with van der Waals surface area (Å²) in [6.45, 7) is -0.484. The van der Waals surface area contributed by atoms with E-state index in [-0.39, 0.29) is 19.3 Å². The van der Waals surface area contributed by atoms with E-state index in [0.29, 0.717) is 5.06 Å². The molecule has 8 heteroatoms. The van der Waals surface area contributed by atoms with Gasteiger partial charge in [-0.05, 0) is 0 Å². The summed E-state index contributed by atoms with van der Waals surface area (Å²) in [6.07, 6.45) is -1.72. The van der Waals surface area contributed by atoms with E-state index in [1.54, 1.807) is 0 Å². The number of rotatable bonds is 3. The highest BCUT2D eigenvalue weighted by molar-refractivity contribution is 6.01. The van der Waals surface area contributed by atoms with Gasteiger partial charge in [0.2, 0.25) is 0 Å². The molecule has 0 spiro atoms. The molecule has 0 aromatic rings. The van der Waals surface area contributed by atoms with Crippen molar-refractivity contribution >= 4 is 18.0 Å². The zero-order valence-electron chi connectivity index (χ0n) is 8.65. The monoisotopic (exact) mass is 249 g/mol. The van der Waals surface area contributed by atoms with Crippen molar-refractivity contribution in [2.45, 2.75) is 25.2 Å². The second-order valence-corrected chi connectivity index (χ2v) is 3.90. The van der Waals surface area contributed by atoms with E-state index < -0.39 is 36.4 Å². The Hall–Kier alpha value is -1.73. The molecule has 0 radical (unpaired) electrons. The van der Waals surface area contributed by atoms with Crippen molar-refractivity contribution in [2.75, 3.05) is 6.61 Å². The minimum atomic E-state index is -2.79. The molecule has 0 unspecified atom stereocenters. The van der Waals surface area contributed by atoms with E-state index in [4.69, 9.17) is 0 Å². The van der Waals surface area contributed by atoms with Crippen LogP contribution in [-0.2, 0) is 19.2 Å². The first-order valence-electron chi connectivity index (χ1n) is 4.98. The standard InChI is InChI=1S/C9H9F2NO5/c10-9(11)3-5(9)4-16-8(15)17-12-6(13)1-2-7(12)14/h5H,1-4H2/t5-/m0/s1. The Kier molecular flexibility index (Phi) is 2.72. The van der Waals surface area contributed by atoms with Crippen LogP contribution in [0.25, 0.3) is 0 Å². The van der Waals surface area contributed by atoms with E-state index in [2.05, 4.69) is 9.57 Å². The van der Waals surface area contributed by atoms with Crippen molar-refractivity contribution in [3.8, 4) is 0 Å². The summed E-state index contributed by atoms with van der Waals surface area (Å²) in [7, 11) is 0. The Morgan fingerprint density at radius 1 is 1.35 bits per heavy atom. The van der Waals surface area contributed by atoms with Crippen LogP contribution in [0.3, 0.4) is 0 Å². The van der Waals surface area contributed by atoms with Gasteiger partial charge in [0, 0.05) is 19.3 Å². The second kappa shape index (κ2) is 3.94. The topological polar surface area (TPSA) is 72.9 Å². The number of hydrogen-bond donors (Lipinski definition) is 0. The Morgan fingerprint density at radius 2 is 1.88 bits per heavy atom. The SMILES string of the molecule is O=C(OC[C@@H]1CC1(F)F)ON1C(=O)CCC1=O. The number of carbonyl (C=O) groups excluding carboxylic acids is 3. The van der Waals surface area contributed by atoms with Crippen molar-refractivity contribution in [2.24, 2.45) is 5.92 Å². The van der Waals surface area contributed by atoms with Gasteiger partial charge in [-0.2, -0.15) is 0 Å². The van der Waals surface area contributed by atoms with Crippen LogP contribution in [0, 0.1) is 5.92 Å². The highest BCUT2D eigenvalue weighted by atomic mass is 19.3. The molecular weight excluding hydrogens is 240 g/mol. The number of imide groups is 1. The lowest BCUT2D eigenvalue weighted by molar-refractivity contribution is -0.177. The van der Waals surface area contributed by atoms with Crippen molar-refractivity contribution in [3.05, 3.63) is 0 Å². The Morgan fingerprint density at radius 3 is 2.35 bits per heavy atom. The molecule has 1 heterocycles. The van der Waals surface area contributed by atoms with Crippen molar-refractivity contribution < 1.29 is 32.7 Å². The number of alkyl halides is 2. The maximum atomic E-state index is 12.4. The number of carbonyl (C=O) groups is 3. The summed E-state index contributed by atoms with van der Waals surface area (Å²) < 4.78 is 29.2. The van der Waals surface area contributed by atoms with Gasteiger partial charge < -0.3 is 4.74 Å². The maximum absolute atomic E-state index is 12.4. The molecule has 6 nitrogen and oxygen atoms in total. The van der Waals surface area contributed by atoms with Gasteiger partial charge in [0.15, 0.2) is 0 Å². The Labute approximate surface area is 94.4 Å². The summed E-state index contributed by atoms with van der Waals surface area (Å²) >= 11 is 0. The fourth-order valence-electron chi connectivity index (χ4n) is 1.38. The minimum Gasteiger partial charge on any atom is -0.432 e. The molecule has 1 aliphatic carbocycles. The summed E-state index contributed by atoms with van der Waals surface area (Å²) in [4.78, 5) is 37.4. The van der Waals surface area contributed by atoms with Crippen LogP contribution in [-0.4, -0.2) is 35.6 Å². The number of hydroxylamine groups is 2. The molecular formula is C9H9F2NO5. The predicted molar refractivity (Wildman–Crippen MR) is 46.6 cm³/mol. The largest absolute Gasteiger partial charge is 0.533 e. The smallest absolute Gasteiger partial charge is 0.432 e. The van der Waals surface area contributed by atoms with Gasteiger partial charge in [-0.1, -0.05) is 5.06 Å². The van der Waals surface area contributed by atoms with Gasteiger partial charge in [-0.15, -0.1) is 0 Å².